The van der Waals surface area contributed by atoms with Crippen LogP contribution in [0.2, 0.25) is 0 Å². The highest BCUT2D eigenvalue weighted by molar-refractivity contribution is 6.05. The highest BCUT2D eigenvalue weighted by atomic mass is 19.1. The number of benzene rings is 2. The molecule has 0 radical (unpaired) electrons. The van der Waals surface area contributed by atoms with Gasteiger partial charge in [0.2, 0.25) is 5.91 Å². The molecule has 3 aromatic rings. The van der Waals surface area contributed by atoms with Crippen LogP contribution in [0, 0.1) is 18.6 Å². The molecule has 0 aliphatic heterocycles. The van der Waals surface area contributed by atoms with E-state index >= 15 is 4.39 Å². The highest BCUT2D eigenvalue weighted by Crippen LogP contribution is 2.44. The second kappa shape index (κ2) is 14.0. The van der Waals surface area contributed by atoms with Crippen molar-refractivity contribution in [2.24, 2.45) is 0 Å². The first-order valence-corrected chi connectivity index (χ1v) is 14.1. The third-order valence-electron chi connectivity index (χ3n) is 6.99. The van der Waals surface area contributed by atoms with E-state index in [-0.39, 0.29) is 53.5 Å². The average molecular weight is 580 g/mol. The molecule has 0 bridgehead atoms. The van der Waals surface area contributed by atoms with Crippen molar-refractivity contribution in [1.29, 1.82) is 0 Å². The Balaban J connectivity index is 0.00000237. The molecule has 0 atom stereocenters. The number of hydrogen-bond donors (Lipinski definition) is 2. The van der Waals surface area contributed by atoms with Crippen molar-refractivity contribution in [3.63, 3.8) is 0 Å². The van der Waals surface area contributed by atoms with Gasteiger partial charge in [-0.3, -0.25) is 9.59 Å². The molecule has 1 aromatic heterocycles. The molecular formula is C32H39F2N5O3. The minimum absolute atomic E-state index is 0.0241. The molecule has 1 aliphatic carbocycles. The van der Waals surface area contributed by atoms with E-state index in [1.54, 1.807) is 20.0 Å². The molecule has 0 spiro atoms. The largest absolute Gasteiger partial charge is 0.486 e. The number of hydrogen-bond acceptors (Lipinski definition) is 6. The second-order valence-electron chi connectivity index (χ2n) is 10.2. The first-order chi connectivity index (χ1) is 20.0. The van der Waals surface area contributed by atoms with Gasteiger partial charge in [0.15, 0.2) is 11.6 Å². The zero-order valence-electron chi connectivity index (χ0n) is 25.1. The summed E-state index contributed by atoms with van der Waals surface area (Å²) in [5.41, 5.74) is 8.97. The van der Waals surface area contributed by atoms with Crippen LogP contribution in [0.1, 0.15) is 79.4 Å². The van der Waals surface area contributed by atoms with E-state index in [0.29, 0.717) is 17.0 Å². The predicted octanol–water partition coefficient (Wildman–Crippen LogP) is 6.61. The van der Waals surface area contributed by atoms with Gasteiger partial charge in [0.1, 0.15) is 30.3 Å². The lowest BCUT2D eigenvalue weighted by atomic mass is 9.92. The number of carbonyl (C=O) groups is 2. The van der Waals surface area contributed by atoms with Crippen molar-refractivity contribution >= 4 is 23.3 Å². The molecule has 3 N–H and O–H groups in total. The molecule has 224 valence electrons. The maximum Gasteiger partial charge on any atom is 0.258 e. The molecule has 1 heterocycles. The highest BCUT2D eigenvalue weighted by Gasteiger charge is 2.29. The van der Waals surface area contributed by atoms with E-state index in [4.69, 9.17) is 10.5 Å². The van der Waals surface area contributed by atoms with Gasteiger partial charge >= 0.3 is 0 Å². The number of nitrogens with zero attached hydrogens (tertiary/aromatic N) is 3. The minimum atomic E-state index is -0.685. The Labute approximate surface area is 246 Å². The molecule has 4 rings (SSSR count). The number of likely N-dealkylation sites (N-methyl/N-ethyl adjacent to an activating group) is 1. The van der Waals surface area contributed by atoms with Crippen LogP contribution in [0.25, 0.3) is 11.3 Å². The lowest BCUT2D eigenvalue weighted by Crippen LogP contribution is -2.29. The summed E-state index contributed by atoms with van der Waals surface area (Å²) >= 11 is 0. The monoisotopic (exact) mass is 579 g/mol. The molecule has 1 fully saturated rings. The molecule has 2 aromatic carbocycles. The van der Waals surface area contributed by atoms with Crippen molar-refractivity contribution in [2.45, 2.75) is 59.3 Å². The number of anilines is 2. The zero-order valence-corrected chi connectivity index (χ0v) is 25.1. The number of nitrogen functional groups attached to an aromatic ring is 1. The van der Waals surface area contributed by atoms with E-state index in [0.717, 1.165) is 30.0 Å². The van der Waals surface area contributed by atoms with Gasteiger partial charge in [0.05, 0.1) is 12.1 Å². The molecule has 0 unspecified atom stereocenters. The third kappa shape index (κ3) is 7.29. The minimum Gasteiger partial charge on any atom is -0.486 e. The SMILES string of the molecule is C=CC(=O)N(C)CCOc1c(N)ncnc1-c1cc(F)cc(NC(=O)c2cc(C(C)C)c(C3CC3)cc2F)c1C.CC. The summed E-state index contributed by atoms with van der Waals surface area (Å²) in [6.45, 7) is 13.4. The molecule has 10 heteroatoms. The Hall–Kier alpha value is -4.34. The van der Waals surface area contributed by atoms with Gasteiger partial charge < -0.3 is 20.7 Å². The molecular weight excluding hydrogens is 540 g/mol. The lowest BCUT2D eigenvalue weighted by Gasteiger charge is -2.19. The quantitative estimate of drug-likeness (QED) is 0.261. The topological polar surface area (TPSA) is 110 Å². The predicted molar refractivity (Wildman–Crippen MR) is 162 cm³/mol. The van der Waals surface area contributed by atoms with Crippen LogP contribution in [0.15, 0.2) is 43.2 Å². The number of ether oxygens (including phenoxy) is 1. The molecule has 42 heavy (non-hydrogen) atoms. The second-order valence-corrected chi connectivity index (χ2v) is 10.2. The van der Waals surface area contributed by atoms with Gasteiger partial charge in [-0.2, -0.15) is 0 Å². The standard InChI is InChI=1S/C30H33F2N5O3.C2H6/c1-6-26(38)37(5)9-10-40-28-27(34-15-35-29(28)33)21-11-19(31)12-25(17(21)4)36-30(39)23-13-20(16(2)3)22(14-24(23)32)18-7-8-18;1-2/h6,11-16,18H,1,7-10H2,2-5H3,(H,36,39)(H2,33,34,35);1-2H3. The lowest BCUT2D eigenvalue weighted by molar-refractivity contribution is -0.125. The Morgan fingerprint density at radius 2 is 1.88 bits per heavy atom. The van der Waals surface area contributed by atoms with Gasteiger partial charge in [0, 0.05) is 18.3 Å². The van der Waals surface area contributed by atoms with Crippen LogP contribution in [-0.2, 0) is 4.79 Å². The first kappa shape index (κ1) is 32.2. The van der Waals surface area contributed by atoms with Gasteiger partial charge in [-0.1, -0.05) is 34.3 Å². The summed E-state index contributed by atoms with van der Waals surface area (Å²) in [5, 5.41) is 2.67. The summed E-state index contributed by atoms with van der Waals surface area (Å²) < 4.78 is 35.8. The maximum absolute atomic E-state index is 15.1. The van der Waals surface area contributed by atoms with Gasteiger partial charge in [-0.05, 0) is 78.6 Å². The summed E-state index contributed by atoms with van der Waals surface area (Å²) in [4.78, 5) is 34.6. The van der Waals surface area contributed by atoms with Crippen molar-refractivity contribution in [1.82, 2.24) is 14.9 Å². The van der Waals surface area contributed by atoms with E-state index in [9.17, 15) is 14.0 Å². The summed E-state index contributed by atoms with van der Waals surface area (Å²) in [6.07, 6.45) is 4.43. The Morgan fingerprint density at radius 1 is 1.19 bits per heavy atom. The number of nitrogens with one attached hydrogen (secondary N) is 1. The molecule has 1 saturated carbocycles. The van der Waals surface area contributed by atoms with Crippen LogP contribution in [0.5, 0.6) is 5.75 Å². The normalized spacial score (nSPS) is 12.3. The van der Waals surface area contributed by atoms with E-state index in [1.165, 1.54) is 29.4 Å². The summed E-state index contributed by atoms with van der Waals surface area (Å²) in [6, 6.07) is 5.47. The smallest absolute Gasteiger partial charge is 0.258 e. The molecule has 1 aliphatic rings. The van der Waals surface area contributed by atoms with Crippen LogP contribution in [0.4, 0.5) is 20.3 Å². The van der Waals surface area contributed by atoms with E-state index in [1.807, 2.05) is 27.7 Å². The van der Waals surface area contributed by atoms with Crippen LogP contribution >= 0.6 is 0 Å². The van der Waals surface area contributed by atoms with Crippen LogP contribution < -0.4 is 15.8 Å². The Bertz CT molecular complexity index is 1470. The van der Waals surface area contributed by atoms with Gasteiger partial charge in [-0.25, -0.2) is 18.7 Å². The van der Waals surface area contributed by atoms with Crippen LogP contribution in [-0.4, -0.2) is 46.9 Å². The van der Waals surface area contributed by atoms with E-state index < -0.39 is 17.5 Å². The first-order valence-electron chi connectivity index (χ1n) is 14.1. The average Bonchev–Trinajstić information content (AvgIpc) is 3.81. The number of nitrogens with two attached hydrogens (primary N) is 1. The van der Waals surface area contributed by atoms with Gasteiger partial charge in [-0.15, -0.1) is 0 Å². The number of aromatic nitrogens is 2. The Morgan fingerprint density at radius 3 is 2.50 bits per heavy atom. The van der Waals surface area contributed by atoms with Gasteiger partial charge in [0.25, 0.3) is 5.91 Å². The molecule has 8 nitrogen and oxygen atoms in total. The molecule has 0 saturated heterocycles. The van der Waals surface area contributed by atoms with Crippen molar-refractivity contribution in [3.8, 4) is 17.0 Å². The maximum atomic E-state index is 15.1. The summed E-state index contributed by atoms with van der Waals surface area (Å²) in [7, 11) is 1.59. The van der Waals surface area contributed by atoms with Crippen molar-refractivity contribution in [2.75, 3.05) is 31.2 Å². The van der Waals surface area contributed by atoms with Crippen molar-refractivity contribution < 1.29 is 23.1 Å². The fraction of sp³-hybridized carbons (Fsp3) is 0.375. The van der Waals surface area contributed by atoms with Crippen LogP contribution in [0.3, 0.4) is 0 Å². The third-order valence-corrected chi connectivity index (χ3v) is 6.99. The number of carbonyl (C=O) groups excluding carboxylic acids is 2. The van der Waals surface area contributed by atoms with Crippen molar-refractivity contribution in [3.05, 3.63) is 77.1 Å². The zero-order chi connectivity index (χ0) is 31.1. The number of halogens is 2. The fourth-order valence-corrected chi connectivity index (χ4v) is 4.54. The number of rotatable bonds is 10. The molecule has 2 amide bonds. The number of amides is 2. The van der Waals surface area contributed by atoms with E-state index in [2.05, 4.69) is 21.9 Å². The Kier molecular flexibility index (Phi) is 10.7. The fourth-order valence-electron chi connectivity index (χ4n) is 4.54. The summed E-state index contributed by atoms with van der Waals surface area (Å²) in [5.74, 6) is -1.65.